The van der Waals surface area contributed by atoms with Gasteiger partial charge in [0.05, 0.1) is 17.7 Å². The van der Waals surface area contributed by atoms with Crippen molar-refractivity contribution in [1.82, 2.24) is 0 Å². The number of alkyl halides is 7. The lowest BCUT2D eigenvalue weighted by molar-refractivity contribution is -0.138. The summed E-state index contributed by atoms with van der Waals surface area (Å²) in [6, 6.07) is 22.8. The molecule has 4 aromatic carbocycles. The van der Waals surface area contributed by atoms with Crippen molar-refractivity contribution in [3.63, 3.8) is 0 Å². The maximum Gasteiger partial charge on any atom is 0.416 e. The molecule has 0 heterocycles. The third-order valence-electron chi connectivity index (χ3n) is 4.97. The van der Waals surface area contributed by atoms with Crippen LogP contribution in [0.5, 0.6) is 23.0 Å². The lowest BCUT2D eigenvalue weighted by atomic mass is 10.2. The summed E-state index contributed by atoms with van der Waals surface area (Å²) in [7, 11) is 0. The van der Waals surface area contributed by atoms with E-state index in [-0.39, 0.29) is 6.61 Å². The Hall–Kier alpha value is -3.69. The first-order valence-electron chi connectivity index (χ1n) is 11.0. The zero-order valence-electron chi connectivity index (χ0n) is 19.6. The van der Waals surface area contributed by atoms with E-state index in [0.29, 0.717) is 34.4 Å². The minimum absolute atomic E-state index is 0.121. The molecule has 3 nitrogen and oxygen atoms in total. The van der Waals surface area contributed by atoms with Crippen LogP contribution in [0.2, 0.25) is 0 Å². The molecule has 0 spiro atoms. The van der Waals surface area contributed by atoms with Gasteiger partial charge in [0.15, 0.2) is 0 Å². The quantitative estimate of drug-likeness (QED) is 0.191. The summed E-state index contributed by atoms with van der Waals surface area (Å²) in [5, 5.41) is 8.97. The van der Waals surface area contributed by atoms with Crippen LogP contribution in [0.1, 0.15) is 22.3 Å². The normalized spacial score (nSPS) is 11.4. The molecule has 0 saturated carbocycles. The summed E-state index contributed by atoms with van der Waals surface area (Å²) in [4.78, 5) is 0. The summed E-state index contributed by atoms with van der Waals surface area (Å²) in [5.41, 5.74) is 0.133. The standard InChI is InChI=1S/C14H10ClF3O.C14H11F3O2/c15-9-10-2-1-3-13(8-10)19-12-6-4-11(5-7-12)14(16,17)18;15-14(16,17)11-4-6-12(7-5-11)19-13-3-1-2-10(8-13)9-18/h1-8H,9H2;1-8,18H,9H2. The van der Waals surface area contributed by atoms with Gasteiger partial charge in [-0.15, -0.1) is 11.6 Å². The Balaban J connectivity index is 0.000000211. The van der Waals surface area contributed by atoms with Crippen molar-refractivity contribution in [2.45, 2.75) is 24.8 Å². The van der Waals surface area contributed by atoms with E-state index in [9.17, 15) is 26.3 Å². The van der Waals surface area contributed by atoms with Crippen LogP contribution in [0, 0.1) is 0 Å². The van der Waals surface area contributed by atoms with E-state index in [2.05, 4.69) is 0 Å². The highest BCUT2D eigenvalue weighted by molar-refractivity contribution is 6.17. The average Bonchev–Trinajstić information content (AvgIpc) is 2.89. The first kappa shape index (κ1) is 28.9. The van der Waals surface area contributed by atoms with Crippen molar-refractivity contribution in [2.24, 2.45) is 0 Å². The lowest BCUT2D eigenvalue weighted by Crippen LogP contribution is -2.04. The summed E-state index contributed by atoms with van der Waals surface area (Å²) in [5.74, 6) is 2.01. The summed E-state index contributed by atoms with van der Waals surface area (Å²) in [6.07, 6.45) is -8.69. The van der Waals surface area contributed by atoms with Crippen LogP contribution in [-0.4, -0.2) is 5.11 Å². The number of aliphatic hydroxyl groups is 1. The number of hydrogen-bond donors (Lipinski definition) is 1. The average molecular weight is 555 g/mol. The Kier molecular flexibility index (Phi) is 9.66. The minimum atomic E-state index is -4.35. The predicted molar refractivity (Wildman–Crippen MR) is 131 cm³/mol. The van der Waals surface area contributed by atoms with E-state index in [1.54, 1.807) is 42.5 Å². The number of benzene rings is 4. The Labute approximate surface area is 219 Å². The fourth-order valence-corrected chi connectivity index (χ4v) is 3.26. The van der Waals surface area contributed by atoms with Gasteiger partial charge >= 0.3 is 12.4 Å². The molecule has 4 aromatic rings. The van der Waals surface area contributed by atoms with Gasteiger partial charge in [0.2, 0.25) is 0 Å². The van der Waals surface area contributed by atoms with Crippen LogP contribution in [0.3, 0.4) is 0 Å². The van der Waals surface area contributed by atoms with Gasteiger partial charge in [-0.05, 0) is 83.9 Å². The molecule has 200 valence electrons. The van der Waals surface area contributed by atoms with E-state index in [1.807, 2.05) is 6.07 Å². The molecule has 0 aliphatic rings. The van der Waals surface area contributed by atoms with E-state index in [4.69, 9.17) is 26.2 Å². The molecule has 0 atom stereocenters. The maximum atomic E-state index is 12.4. The molecule has 0 amide bonds. The lowest BCUT2D eigenvalue weighted by Gasteiger charge is -2.09. The Morgan fingerprint density at radius 1 is 0.553 bits per heavy atom. The summed E-state index contributed by atoms with van der Waals surface area (Å²) in [6.45, 7) is -0.121. The van der Waals surface area contributed by atoms with Crippen LogP contribution in [0.15, 0.2) is 97.1 Å². The van der Waals surface area contributed by atoms with Crippen LogP contribution in [0.25, 0.3) is 0 Å². The first-order chi connectivity index (χ1) is 18.0. The SMILES string of the molecule is FC(F)(F)c1ccc(Oc2cccc(CCl)c2)cc1.OCc1cccc(Oc2ccc(C(F)(F)F)cc2)c1. The van der Waals surface area contributed by atoms with Gasteiger partial charge in [-0.1, -0.05) is 24.3 Å². The molecule has 0 aliphatic heterocycles. The molecule has 38 heavy (non-hydrogen) atoms. The van der Waals surface area contributed by atoms with Gasteiger partial charge in [-0.2, -0.15) is 26.3 Å². The first-order valence-corrected chi connectivity index (χ1v) is 11.6. The fourth-order valence-electron chi connectivity index (χ4n) is 3.10. The number of rotatable bonds is 6. The van der Waals surface area contributed by atoms with Crippen LogP contribution < -0.4 is 9.47 Å². The second-order valence-electron chi connectivity index (χ2n) is 7.83. The van der Waals surface area contributed by atoms with Crippen molar-refractivity contribution in [2.75, 3.05) is 0 Å². The number of ether oxygens (including phenoxy) is 2. The van der Waals surface area contributed by atoms with Gasteiger partial charge in [0.25, 0.3) is 0 Å². The Bertz CT molecular complexity index is 1200. The molecule has 0 aromatic heterocycles. The third-order valence-corrected chi connectivity index (χ3v) is 5.28. The van der Waals surface area contributed by atoms with E-state index < -0.39 is 23.5 Å². The fraction of sp³-hybridized carbons (Fsp3) is 0.143. The topological polar surface area (TPSA) is 38.7 Å². The number of hydrogen-bond acceptors (Lipinski definition) is 3. The zero-order valence-corrected chi connectivity index (χ0v) is 20.3. The smallest absolute Gasteiger partial charge is 0.416 e. The van der Waals surface area contributed by atoms with Crippen molar-refractivity contribution in [3.8, 4) is 23.0 Å². The highest BCUT2D eigenvalue weighted by Crippen LogP contribution is 2.32. The van der Waals surface area contributed by atoms with E-state index in [1.165, 1.54) is 24.3 Å². The van der Waals surface area contributed by atoms with Crippen molar-refractivity contribution in [1.29, 1.82) is 0 Å². The molecule has 0 saturated heterocycles. The molecule has 1 N–H and O–H groups in total. The number of aliphatic hydroxyl groups excluding tert-OH is 1. The molecule has 0 aliphatic carbocycles. The zero-order chi connectivity index (χ0) is 27.8. The molecule has 0 fully saturated rings. The van der Waals surface area contributed by atoms with Gasteiger partial charge < -0.3 is 14.6 Å². The Morgan fingerprint density at radius 2 is 0.947 bits per heavy atom. The molecular formula is C28H21ClF6O3. The largest absolute Gasteiger partial charge is 0.457 e. The van der Waals surface area contributed by atoms with Crippen LogP contribution in [0.4, 0.5) is 26.3 Å². The van der Waals surface area contributed by atoms with Gasteiger partial charge in [0.1, 0.15) is 23.0 Å². The molecule has 0 unspecified atom stereocenters. The van der Waals surface area contributed by atoms with Crippen molar-refractivity contribution >= 4 is 11.6 Å². The number of halogens is 7. The highest BCUT2D eigenvalue weighted by atomic mass is 35.5. The third kappa shape index (κ3) is 8.71. The van der Waals surface area contributed by atoms with Crippen molar-refractivity contribution < 1.29 is 40.9 Å². The highest BCUT2D eigenvalue weighted by Gasteiger charge is 2.30. The van der Waals surface area contributed by atoms with E-state index in [0.717, 1.165) is 29.8 Å². The van der Waals surface area contributed by atoms with Gasteiger partial charge in [-0.25, -0.2) is 0 Å². The Morgan fingerprint density at radius 3 is 1.32 bits per heavy atom. The monoisotopic (exact) mass is 554 g/mol. The molecule has 10 heteroatoms. The van der Waals surface area contributed by atoms with Crippen molar-refractivity contribution in [3.05, 3.63) is 119 Å². The molecular weight excluding hydrogens is 534 g/mol. The predicted octanol–water partition coefficient (Wildman–Crippen LogP) is 9.23. The van der Waals surface area contributed by atoms with Gasteiger partial charge in [0, 0.05) is 5.88 Å². The second kappa shape index (κ2) is 12.7. The maximum absolute atomic E-state index is 12.4. The molecule has 0 radical (unpaired) electrons. The summed E-state index contributed by atoms with van der Waals surface area (Å²) >= 11 is 5.69. The molecule has 4 rings (SSSR count). The minimum Gasteiger partial charge on any atom is -0.457 e. The van der Waals surface area contributed by atoms with Crippen LogP contribution >= 0.6 is 11.6 Å². The van der Waals surface area contributed by atoms with E-state index >= 15 is 0 Å². The van der Waals surface area contributed by atoms with Crippen LogP contribution in [-0.2, 0) is 24.8 Å². The molecule has 0 bridgehead atoms. The second-order valence-corrected chi connectivity index (χ2v) is 8.10. The summed E-state index contributed by atoms with van der Waals surface area (Å²) < 4.78 is 85.2. The van der Waals surface area contributed by atoms with Gasteiger partial charge in [-0.3, -0.25) is 0 Å².